The first-order chi connectivity index (χ1) is 9.08. The number of rotatable bonds is 4. The third-order valence-electron chi connectivity index (χ3n) is 2.83. The summed E-state index contributed by atoms with van der Waals surface area (Å²) in [4.78, 5) is 15.1. The van der Waals surface area contributed by atoms with Crippen molar-refractivity contribution in [1.29, 1.82) is 0 Å². The minimum Gasteiger partial charge on any atom is -0.381 e. The number of carbonyl (C=O) groups is 1. The van der Waals surface area contributed by atoms with Crippen LogP contribution >= 0.6 is 0 Å². The van der Waals surface area contributed by atoms with E-state index in [1.165, 1.54) is 0 Å². The number of carbonyl (C=O) groups excluding carboxylic acids is 1. The summed E-state index contributed by atoms with van der Waals surface area (Å²) in [5.41, 5.74) is 7.29. The molecule has 0 bridgehead atoms. The molecule has 19 heavy (non-hydrogen) atoms. The van der Waals surface area contributed by atoms with Crippen LogP contribution in [0.3, 0.4) is 0 Å². The molecule has 5 heteroatoms. The summed E-state index contributed by atoms with van der Waals surface area (Å²) in [5, 5.41) is 3.08. The summed E-state index contributed by atoms with van der Waals surface area (Å²) in [5.74, 6) is -1.10. The Labute approximate surface area is 110 Å². The number of hydrogen-bond donors (Lipinski definition) is 2. The number of amides is 1. The van der Waals surface area contributed by atoms with Crippen molar-refractivity contribution in [3.8, 4) is 0 Å². The smallest absolute Gasteiger partial charge is 0.248 e. The van der Waals surface area contributed by atoms with Crippen molar-refractivity contribution in [3.05, 3.63) is 59.2 Å². The molecule has 0 fully saturated rings. The number of anilines is 1. The topological polar surface area (TPSA) is 68.0 Å². The molecule has 98 valence electrons. The van der Waals surface area contributed by atoms with Gasteiger partial charge in [0.15, 0.2) is 0 Å². The van der Waals surface area contributed by atoms with Crippen LogP contribution in [0.2, 0.25) is 0 Å². The first kappa shape index (κ1) is 13.0. The molecular formula is C14H14FN3O. The van der Waals surface area contributed by atoms with E-state index in [-0.39, 0.29) is 5.56 Å². The monoisotopic (exact) mass is 259 g/mol. The SMILES string of the molecule is Cc1c(F)cc(C(N)=O)cc1NCc1cccnc1. The number of nitrogens with one attached hydrogen (secondary N) is 1. The summed E-state index contributed by atoms with van der Waals surface area (Å²) in [6.07, 6.45) is 3.40. The standard InChI is InChI=1S/C14H14FN3O/c1-9-12(15)5-11(14(16)19)6-13(9)18-8-10-3-2-4-17-7-10/h2-7,18H,8H2,1H3,(H2,16,19). The molecule has 4 nitrogen and oxygen atoms in total. The van der Waals surface area contributed by atoms with Gasteiger partial charge >= 0.3 is 0 Å². The molecule has 1 amide bonds. The van der Waals surface area contributed by atoms with Crippen LogP contribution in [-0.4, -0.2) is 10.9 Å². The Hall–Kier alpha value is -2.43. The second-order valence-corrected chi connectivity index (χ2v) is 4.21. The highest BCUT2D eigenvalue weighted by Crippen LogP contribution is 2.21. The maximum Gasteiger partial charge on any atom is 0.248 e. The molecule has 1 aromatic carbocycles. The van der Waals surface area contributed by atoms with E-state index in [9.17, 15) is 9.18 Å². The van der Waals surface area contributed by atoms with E-state index in [1.807, 2.05) is 12.1 Å². The molecule has 2 rings (SSSR count). The van der Waals surface area contributed by atoms with E-state index in [4.69, 9.17) is 5.73 Å². The Morgan fingerprint density at radius 2 is 2.26 bits per heavy atom. The van der Waals surface area contributed by atoms with Crippen molar-refractivity contribution in [1.82, 2.24) is 4.98 Å². The lowest BCUT2D eigenvalue weighted by molar-refractivity contribution is 0.1000. The van der Waals surface area contributed by atoms with Gasteiger partial charge in [-0.25, -0.2) is 4.39 Å². The van der Waals surface area contributed by atoms with Gasteiger partial charge in [0.05, 0.1) is 0 Å². The zero-order valence-corrected chi connectivity index (χ0v) is 10.5. The van der Waals surface area contributed by atoms with E-state index in [2.05, 4.69) is 10.3 Å². The van der Waals surface area contributed by atoms with Gasteiger partial charge in [-0.3, -0.25) is 9.78 Å². The first-order valence-electron chi connectivity index (χ1n) is 5.80. The minimum atomic E-state index is -0.650. The Bertz CT molecular complexity index is 599. The van der Waals surface area contributed by atoms with Crippen LogP contribution in [0.4, 0.5) is 10.1 Å². The number of pyridine rings is 1. The summed E-state index contributed by atoms with van der Waals surface area (Å²) < 4.78 is 13.7. The predicted octanol–water partition coefficient (Wildman–Crippen LogP) is 2.24. The predicted molar refractivity (Wildman–Crippen MR) is 71.2 cm³/mol. The summed E-state index contributed by atoms with van der Waals surface area (Å²) in [7, 11) is 0. The second-order valence-electron chi connectivity index (χ2n) is 4.21. The van der Waals surface area contributed by atoms with Gasteiger partial charge in [-0.15, -0.1) is 0 Å². The van der Waals surface area contributed by atoms with Crippen LogP contribution in [0.1, 0.15) is 21.5 Å². The highest BCUT2D eigenvalue weighted by Gasteiger charge is 2.10. The van der Waals surface area contributed by atoms with Crippen LogP contribution in [0.15, 0.2) is 36.7 Å². The molecule has 0 aliphatic heterocycles. The number of halogens is 1. The molecule has 0 atom stereocenters. The van der Waals surface area contributed by atoms with Crippen molar-refractivity contribution in [2.24, 2.45) is 5.73 Å². The zero-order valence-electron chi connectivity index (χ0n) is 10.5. The van der Waals surface area contributed by atoms with Crippen molar-refractivity contribution >= 4 is 11.6 Å². The van der Waals surface area contributed by atoms with Gasteiger partial charge in [-0.2, -0.15) is 0 Å². The van der Waals surface area contributed by atoms with Gasteiger partial charge in [0.1, 0.15) is 5.82 Å². The number of primary amides is 1. The lowest BCUT2D eigenvalue weighted by atomic mass is 10.1. The highest BCUT2D eigenvalue weighted by atomic mass is 19.1. The van der Waals surface area contributed by atoms with Crippen LogP contribution < -0.4 is 11.1 Å². The Morgan fingerprint density at radius 1 is 1.47 bits per heavy atom. The Balaban J connectivity index is 2.22. The maximum absolute atomic E-state index is 13.7. The second kappa shape index (κ2) is 5.48. The van der Waals surface area contributed by atoms with Gasteiger partial charge in [0.2, 0.25) is 5.91 Å². The fourth-order valence-electron chi connectivity index (χ4n) is 1.70. The number of aromatic nitrogens is 1. The number of nitrogens with two attached hydrogens (primary N) is 1. The number of hydrogen-bond acceptors (Lipinski definition) is 3. The largest absolute Gasteiger partial charge is 0.381 e. The van der Waals surface area contributed by atoms with E-state index in [1.54, 1.807) is 25.4 Å². The van der Waals surface area contributed by atoms with E-state index >= 15 is 0 Å². The minimum absolute atomic E-state index is 0.150. The highest BCUT2D eigenvalue weighted by molar-refractivity contribution is 5.94. The van der Waals surface area contributed by atoms with Crippen LogP contribution in [0.25, 0.3) is 0 Å². The Morgan fingerprint density at radius 3 is 2.89 bits per heavy atom. The number of benzene rings is 1. The lowest BCUT2D eigenvalue weighted by Crippen LogP contribution is -2.13. The molecule has 3 N–H and O–H groups in total. The number of nitrogens with zero attached hydrogens (tertiary/aromatic N) is 1. The fraction of sp³-hybridized carbons (Fsp3) is 0.143. The lowest BCUT2D eigenvalue weighted by Gasteiger charge is -2.11. The van der Waals surface area contributed by atoms with Crippen molar-refractivity contribution < 1.29 is 9.18 Å². The van der Waals surface area contributed by atoms with Crippen LogP contribution in [0.5, 0.6) is 0 Å². The molecule has 0 saturated carbocycles. The van der Waals surface area contributed by atoms with Gasteiger partial charge in [0.25, 0.3) is 0 Å². The van der Waals surface area contributed by atoms with Crippen LogP contribution in [-0.2, 0) is 6.54 Å². The first-order valence-corrected chi connectivity index (χ1v) is 5.80. The molecule has 0 saturated heterocycles. The van der Waals surface area contributed by atoms with E-state index < -0.39 is 11.7 Å². The van der Waals surface area contributed by atoms with Crippen molar-refractivity contribution in [2.75, 3.05) is 5.32 Å². The third kappa shape index (κ3) is 3.07. The molecular weight excluding hydrogens is 245 g/mol. The van der Waals surface area contributed by atoms with E-state index in [0.29, 0.717) is 17.8 Å². The molecule has 1 aromatic heterocycles. The summed E-state index contributed by atoms with van der Waals surface area (Å²) in [6.45, 7) is 2.14. The molecule has 2 aromatic rings. The zero-order chi connectivity index (χ0) is 13.8. The van der Waals surface area contributed by atoms with Gasteiger partial charge in [-0.1, -0.05) is 6.07 Å². The summed E-state index contributed by atoms with van der Waals surface area (Å²) in [6, 6.07) is 6.43. The van der Waals surface area contributed by atoms with Gasteiger partial charge in [0, 0.05) is 35.8 Å². The van der Waals surface area contributed by atoms with Crippen LogP contribution in [0, 0.1) is 12.7 Å². The third-order valence-corrected chi connectivity index (χ3v) is 2.83. The van der Waals surface area contributed by atoms with E-state index in [0.717, 1.165) is 11.6 Å². The van der Waals surface area contributed by atoms with Crippen molar-refractivity contribution in [3.63, 3.8) is 0 Å². The molecule has 0 aliphatic rings. The molecule has 1 heterocycles. The summed E-state index contributed by atoms with van der Waals surface area (Å²) >= 11 is 0. The fourth-order valence-corrected chi connectivity index (χ4v) is 1.70. The molecule has 0 unspecified atom stereocenters. The normalized spacial score (nSPS) is 10.2. The quantitative estimate of drug-likeness (QED) is 0.884. The molecule has 0 aliphatic carbocycles. The Kier molecular flexibility index (Phi) is 3.75. The maximum atomic E-state index is 13.7. The average Bonchev–Trinajstić information content (AvgIpc) is 2.41. The van der Waals surface area contributed by atoms with Gasteiger partial charge < -0.3 is 11.1 Å². The van der Waals surface area contributed by atoms with Gasteiger partial charge in [-0.05, 0) is 30.7 Å². The average molecular weight is 259 g/mol. The molecule has 0 spiro atoms. The van der Waals surface area contributed by atoms with Crippen molar-refractivity contribution in [2.45, 2.75) is 13.5 Å². The molecule has 0 radical (unpaired) electrons.